The molecule has 5 rings (SSSR count). The molecule has 0 fully saturated rings. The number of H-pyrrole nitrogens is 1. The molecule has 93 heavy (non-hydrogen) atoms. The molecule has 0 unspecified atom stereocenters. The molecule has 14 atom stereocenters. The molecule has 0 aliphatic rings. The number of carboxylic acids is 1. The van der Waals surface area contributed by atoms with Gasteiger partial charge in [0.2, 0.25) is 53.2 Å². The van der Waals surface area contributed by atoms with Gasteiger partial charge in [0.05, 0.1) is 24.4 Å². The van der Waals surface area contributed by atoms with Crippen LogP contribution in [0.15, 0.2) is 115 Å². The molecule has 0 spiro atoms. The van der Waals surface area contributed by atoms with Crippen molar-refractivity contribution < 1.29 is 78.6 Å². The number of nitrogens with one attached hydrogen (secondary N) is 10. The number of carboxylic acid groups (broad SMARTS) is 1. The van der Waals surface area contributed by atoms with Crippen molar-refractivity contribution in [2.45, 2.75) is 171 Å². The van der Waals surface area contributed by atoms with E-state index in [1.165, 1.54) is 58.9 Å². The Kier molecular flexibility index (Phi) is 28.9. The Balaban J connectivity index is 1.37. The number of hydrogen-bond acceptors (Lipinski definition) is 17. The number of aromatic amines is 1. The number of nitrogens with two attached hydrogens (primary N) is 2. The number of fused-ring (bicyclic) bond motifs is 1. The first-order chi connectivity index (χ1) is 44.1. The van der Waals surface area contributed by atoms with Crippen molar-refractivity contribution in [3.63, 3.8) is 0 Å². The summed E-state index contributed by atoms with van der Waals surface area (Å²) in [5.41, 5.74) is 14.4. The van der Waals surface area contributed by atoms with Crippen molar-refractivity contribution in [1.82, 2.24) is 52.8 Å². The van der Waals surface area contributed by atoms with Gasteiger partial charge >= 0.3 is 5.97 Å². The number of carbonyl (C=O) groups is 10. The number of carbonyl (C=O) groups excluding carboxylic acids is 9. The molecule has 0 aliphatic heterocycles. The van der Waals surface area contributed by atoms with Gasteiger partial charge in [0, 0.05) is 42.8 Å². The highest BCUT2D eigenvalue weighted by atomic mass is 16.4. The number of hydrogen-bond donors (Lipinski definition) is 18. The number of aliphatic carboxylic acids is 1. The van der Waals surface area contributed by atoms with Gasteiger partial charge in [0.15, 0.2) is 0 Å². The van der Waals surface area contributed by atoms with Crippen molar-refractivity contribution >= 4 is 70.0 Å². The summed E-state index contributed by atoms with van der Waals surface area (Å²) in [5, 5.41) is 86.1. The molecule has 5 aromatic rings. The lowest BCUT2D eigenvalue weighted by Gasteiger charge is -2.30. The number of aromatic hydroxyl groups is 1. The molecule has 4 aromatic carbocycles. The molecule has 0 bridgehead atoms. The Morgan fingerprint density at radius 1 is 0.419 bits per heavy atom. The number of aromatic nitrogens is 1. The summed E-state index contributed by atoms with van der Waals surface area (Å²) in [7, 11) is 0. The first-order valence-corrected chi connectivity index (χ1v) is 30.6. The number of para-hydroxylation sites is 1. The summed E-state index contributed by atoms with van der Waals surface area (Å²) >= 11 is 0. The molecule has 28 nitrogen and oxygen atoms in total. The third kappa shape index (κ3) is 22.8. The van der Waals surface area contributed by atoms with Gasteiger partial charge in [-0.3, -0.25) is 43.2 Å². The normalized spacial score (nSPS) is 15.9. The topological polar surface area (TPSA) is 468 Å². The molecule has 0 saturated heterocycles. The fourth-order valence-corrected chi connectivity index (χ4v) is 9.98. The van der Waals surface area contributed by atoms with Gasteiger partial charge in [0.1, 0.15) is 66.2 Å². The third-order valence-corrected chi connectivity index (χ3v) is 15.4. The van der Waals surface area contributed by atoms with Gasteiger partial charge in [0.25, 0.3) is 0 Å². The van der Waals surface area contributed by atoms with Crippen LogP contribution < -0.4 is 59.3 Å². The maximum Gasteiger partial charge on any atom is 0.326 e. The third-order valence-electron chi connectivity index (χ3n) is 15.4. The molecular weight excluding hydrogens is 1200 g/mol. The maximum absolute atomic E-state index is 14.8. The summed E-state index contributed by atoms with van der Waals surface area (Å²) in [6.45, 7) is 7.97. The van der Waals surface area contributed by atoms with Crippen LogP contribution in [0.3, 0.4) is 0 Å². The number of amides is 9. The molecule has 504 valence electrons. The zero-order valence-corrected chi connectivity index (χ0v) is 52.7. The Morgan fingerprint density at radius 3 is 1.28 bits per heavy atom. The second-order valence-electron chi connectivity index (χ2n) is 23.4. The van der Waals surface area contributed by atoms with Gasteiger partial charge in [-0.2, -0.15) is 0 Å². The molecule has 0 saturated carbocycles. The molecule has 1 aromatic heterocycles. The highest BCUT2D eigenvalue weighted by Gasteiger charge is 2.39. The highest BCUT2D eigenvalue weighted by molar-refractivity contribution is 5.99. The lowest BCUT2D eigenvalue weighted by Crippen LogP contribution is -2.64. The predicted molar refractivity (Wildman–Crippen MR) is 342 cm³/mol. The molecule has 0 radical (unpaired) electrons. The van der Waals surface area contributed by atoms with Crippen LogP contribution in [0.5, 0.6) is 5.75 Å². The molecule has 1 heterocycles. The molecule has 28 heteroatoms. The van der Waals surface area contributed by atoms with Gasteiger partial charge in [-0.05, 0) is 99.9 Å². The van der Waals surface area contributed by atoms with E-state index in [0.29, 0.717) is 39.6 Å². The predicted octanol–water partition coefficient (Wildman–Crippen LogP) is -1.77. The van der Waals surface area contributed by atoms with Gasteiger partial charge in [-0.1, -0.05) is 105 Å². The summed E-state index contributed by atoms with van der Waals surface area (Å²) in [5.74, 6) is -11.3. The average molecular weight is 1290 g/mol. The fraction of sp³-hybridized carbons (Fsp3) is 0.446. The molecule has 20 N–H and O–H groups in total. The Bertz CT molecular complexity index is 3310. The number of unbranched alkanes of at least 4 members (excludes halogenated alkanes) is 1. The SMILES string of the molecule is CC(C)[C@H](NC(=O)[C@@H](NC(=O)[C@H](Cc1ccccc1)NC(=O)[C@@H](NC(=O)[C@@H](N)[C@@H](C)O)[C@@H](C)O)[C@@H](C)O)C(=O)N[C@H](C(=O)N[C@@H](CCCCN)C(=O)N[C@@H](Cc1ccc(O)cc1)C(=O)N[C@@H](Cc1c[nH]c2ccccc12)C(=O)N[C@@H](Cc1ccccc1)C(=O)O)[C@@H](C)O. The second kappa shape index (κ2) is 36.1. The number of aliphatic hydroxyl groups excluding tert-OH is 4. The first-order valence-electron chi connectivity index (χ1n) is 30.6. The summed E-state index contributed by atoms with van der Waals surface area (Å²) < 4.78 is 0. The minimum atomic E-state index is -1.83. The first kappa shape index (κ1) is 74.4. The largest absolute Gasteiger partial charge is 0.508 e. The second-order valence-corrected chi connectivity index (χ2v) is 23.4. The van der Waals surface area contributed by atoms with Crippen LogP contribution in [0.2, 0.25) is 0 Å². The van der Waals surface area contributed by atoms with Crippen LogP contribution in [0.25, 0.3) is 10.9 Å². The van der Waals surface area contributed by atoms with E-state index in [-0.39, 0.29) is 50.8 Å². The zero-order chi connectivity index (χ0) is 68.6. The van der Waals surface area contributed by atoms with Crippen LogP contribution >= 0.6 is 0 Å². The van der Waals surface area contributed by atoms with Gasteiger partial charge in [-0.15, -0.1) is 0 Å². The smallest absolute Gasteiger partial charge is 0.326 e. The standard InChI is InChI=1S/C65H88N12O16/c1-34(2)52(74-64(91)55(38(6)81)75-59(86)48(29-39-17-9-7-10-18-39)72-63(90)53(36(4)79)76-60(87)51(67)35(3)78)61(88)77-54(37(5)80)62(89)69-46(23-15-16-28-66)56(83)70-47(30-41-24-26-43(82)27-25-41)57(84)71-49(32-42-33-68-45-22-14-13-21-44(42)45)58(85)73-50(65(92)93)31-40-19-11-8-12-20-40/h7-14,17-22,24-27,33-38,46-55,68,78-82H,15-16,23,28-32,66-67H2,1-6H3,(H,69,89)(H,70,83)(H,71,84)(H,72,90)(H,73,85)(H,74,91)(H,75,86)(H,76,87)(H,77,88)(H,92,93)/t35-,36-,37-,38-,46+,47+,48+,49+,50+,51+,52+,53+,54+,55+/m1/s1. The number of benzene rings is 4. The van der Waals surface area contributed by atoms with Crippen molar-refractivity contribution in [2.75, 3.05) is 6.54 Å². The Labute approximate surface area is 538 Å². The van der Waals surface area contributed by atoms with E-state index >= 15 is 0 Å². The van der Waals surface area contributed by atoms with E-state index in [1.807, 2.05) is 0 Å². The van der Waals surface area contributed by atoms with E-state index in [2.05, 4.69) is 52.8 Å². The monoisotopic (exact) mass is 1290 g/mol. The summed E-state index contributed by atoms with van der Waals surface area (Å²) in [4.78, 5) is 143. The fourth-order valence-electron chi connectivity index (χ4n) is 9.98. The average Bonchev–Trinajstić information content (AvgIpc) is 1.80. The van der Waals surface area contributed by atoms with Crippen LogP contribution in [-0.2, 0) is 73.6 Å². The van der Waals surface area contributed by atoms with E-state index in [0.717, 1.165) is 6.92 Å². The summed E-state index contributed by atoms with van der Waals surface area (Å²) in [6, 6.07) is 13.9. The van der Waals surface area contributed by atoms with Crippen LogP contribution in [-0.4, -0.2) is 186 Å². The Morgan fingerprint density at radius 2 is 0.796 bits per heavy atom. The van der Waals surface area contributed by atoms with Crippen LogP contribution in [0, 0.1) is 5.92 Å². The zero-order valence-electron chi connectivity index (χ0n) is 52.7. The number of phenols is 1. The Hall–Kier alpha value is -9.32. The number of phenolic OH excluding ortho intramolecular Hbond substituents is 1. The van der Waals surface area contributed by atoms with E-state index in [1.54, 1.807) is 91.1 Å². The molecular formula is C65H88N12O16. The van der Waals surface area contributed by atoms with Gasteiger partial charge < -0.3 is 94.9 Å². The minimum absolute atomic E-state index is 0.0985. The van der Waals surface area contributed by atoms with Crippen molar-refractivity contribution in [1.29, 1.82) is 0 Å². The lowest BCUT2D eigenvalue weighted by molar-refractivity contribution is -0.142. The summed E-state index contributed by atoms with van der Waals surface area (Å²) in [6.07, 6.45) is -4.80. The molecule has 0 aliphatic carbocycles. The van der Waals surface area contributed by atoms with E-state index in [4.69, 9.17) is 11.5 Å². The van der Waals surface area contributed by atoms with Crippen molar-refractivity contribution in [2.24, 2.45) is 17.4 Å². The quantitative estimate of drug-likeness (QED) is 0.0197. The minimum Gasteiger partial charge on any atom is -0.508 e. The maximum atomic E-state index is 14.8. The van der Waals surface area contributed by atoms with E-state index < -0.39 is 150 Å². The van der Waals surface area contributed by atoms with Crippen molar-refractivity contribution in [3.8, 4) is 5.75 Å². The molecule has 9 amide bonds. The highest BCUT2D eigenvalue weighted by Crippen LogP contribution is 2.21. The van der Waals surface area contributed by atoms with Crippen molar-refractivity contribution in [3.05, 3.63) is 138 Å². The lowest BCUT2D eigenvalue weighted by atomic mass is 10.00. The number of rotatable bonds is 36. The van der Waals surface area contributed by atoms with Gasteiger partial charge in [-0.25, -0.2) is 4.79 Å². The van der Waals surface area contributed by atoms with E-state index in [9.17, 15) is 78.6 Å². The van der Waals surface area contributed by atoms with Crippen LogP contribution in [0.1, 0.15) is 83.1 Å². The number of aliphatic hydroxyl groups is 4. The van der Waals surface area contributed by atoms with Crippen LogP contribution in [0.4, 0.5) is 0 Å².